The van der Waals surface area contributed by atoms with E-state index < -0.39 is 11.9 Å². The van der Waals surface area contributed by atoms with Crippen LogP contribution in [0.4, 0.5) is 5.69 Å². The van der Waals surface area contributed by atoms with Crippen LogP contribution in [0, 0.1) is 0 Å². The number of carbonyl (C=O) groups excluding carboxylic acids is 3. The second-order valence-electron chi connectivity index (χ2n) is 8.02. The van der Waals surface area contributed by atoms with E-state index in [0.29, 0.717) is 15.6 Å². The highest BCUT2D eigenvalue weighted by molar-refractivity contribution is 9.10. The third-order valence-electron chi connectivity index (χ3n) is 5.67. The first kappa shape index (κ1) is 27.6. The Balaban J connectivity index is 1.46. The molecule has 12 heteroatoms. The molecule has 9 nitrogen and oxygen atoms in total. The molecule has 38 heavy (non-hydrogen) atoms. The molecule has 2 amide bonds. The van der Waals surface area contributed by atoms with Gasteiger partial charge >= 0.3 is 5.97 Å². The highest BCUT2D eigenvalue weighted by Crippen LogP contribution is 2.32. The van der Waals surface area contributed by atoms with Crippen LogP contribution >= 0.6 is 39.3 Å². The number of aromatic nitrogens is 3. The number of benzene rings is 3. The largest absolute Gasteiger partial charge is 0.468 e. The fraction of sp³-hybridized carbons (Fsp3) is 0.192. The third kappa shape index (κ3) is 6.17. The monoisotopic (exact) mass is 615 g/mol. The number of ether oxygens (including phenoxy) is 1. The number of carbonyl (C=O) groups is 3. The second-order valence-corrected chi connectivity index (χ2v) is 10.1. The van der Waals surface area contributed by atoms with E-state index in [1.54, 1.807) is 0 Å². The number of nitrogens with zero attached hydrogens (tertiary/aromatic N) is 3. The molecule has 0 saturated heterocycles. The summed E-state index contributed by atoms with van der Waals surface area (Å²) < 4.78 is 6.89. The molecular weight excluding hydrogens is 594 g/mol. The maximum Gasteiger partial charge on any atom is 0.325 e. The number of methoxy groups -OCH3 is 1. The van der Waals surface area contributed by atoms with Crippen LogP contribution < -0.4 is 10.6 Å². The van der Waals surface area contributed by atoms with Gasteiger partial charge < -0.3 is 15.4 Å². The fourth-order valence-electron chi connectivity index (χ4n) is 3.80. The zero-order chi connectivity index (χ0) is 27.2. The van der Waals surface area contributed by atoms with Crippen LogP contribution in [-0.4, -0.2) is 52.0 Å². The van der Waals surface area contributed by atoms with Crippen LogP contribution in [0.15, 0.2) is 64.5 Å². The van der Waals surface area contributed by atoms with Crippen LogP contribution in [0.3, 0.4) is 0 Å². The van der Waals surface area contributed by atoms with E-state index in [-0.39, 0.29) is 28.8 Å². The molecule has 2 N–H and O–H groups in total. The minimum absolute atomic E-state index is 0.0494. The van der Waals surface area contributed by atoms with Gasteiger partial charge in [-0.15, -0.1) is 10.2 Å². The van der Waals surface area contributed by atoms with Crippen LogP contribution in [0.1, 0.15) is 22.8 Å². The van der Waals surface area contributed by atoms with Crippen LogP contribution in [-0.2, 0) is 20.7 Å². The van der Waals surface area contributed by atoms with Crippen molar-refractivity contribution < 1.29 is 19.1 Å². The molecule has 3 aromatic carbocycles. The summed E-state index contributed by atoms with van der Waals surface area (Å²) in [5.74, 6) is -1.32. The molecule has 4 aromatic rings. The zero-order valence-electron chi connectivity index (χ0n) is 20.5. The van der Waals surface area contributed by atoms with Crippen molar-refractivity contribution in [3.05, 3.63) is 75.5 Å². The lowest BCUT2D eigenvalue weighted by Gasteiger charge is -2.13. The Morgan fingerprint density at radius 1 is 1.08 bits per heavy atom. The van der Waals surface area contributed by atoms with Gasteiger partial charge in [-0.1, -0.05) is 60.6 Å². The maximum atomic E-state index is 12.7. The predicted molar refractivity (Wildman–Crippen MR) is 151 cm³/mol. The summed E-state index contributed by atoms with van der Waals surface area (Å²) in [4.78, 5) is 36.1. The van der Waals surface area contributed by atoms with Crippen LogP contribution in [0.2, 0.25) is 5.02 Å². The number of hydrogen-bond acceptors (Lipinski definition) is 7. The topological polar surface area (TPSA) is 115 Å². The van der Waals surface area contributed by atoms with Crippen molar-refractivity contribution in [3.8, 4) is 5.69 Å². The number of amides is 2. The normalized spacial score (nSPS) is 10.8. The predicted octanol–water partition coefficient (Wildman–Crippen LogP) is 5.03. The Kier molecular flexibility index (Phi) is 9.03. The molecule has 0 fully saturated rings. The van der Waals surface area contributed by atoms with Crippen molar-refractivity contribution >= 4 is 73.5 Å². The van der Waals surface area contributed by atoms with Gasteiger partial charge in [0.25, 0.3) is 5.91 Å². The highest BCUT2D eigenvalue weighted by atomic mass is 79.9. The number of thioether (sulfide) groups is 1. The van der Waals surface area contributed by atoms with E-state index in [1.165, 1.54) is 42.6 Å². The van der Waals surface area contributed by atoms with E-state index in [9.17, 15) is 14.4 Å². The van der Waals surface area contributed by atoms with E-state index in [4.69, 9.17) is 11.6 Å². The van der Waals surface area contributed by atoms with Gasteiger partial charge in [-0.3, -0.25) is 19.0 Å². The Labute approximate surface area is 236 Å². The molecular formula is C26H23BrClN5O4S. The minimum atomic E-state index is -0.570. The summed E-state index contributed by atoms with van der Waals surface area (Å²) in [6.45, 7) is 1.86. The molecule has 0 atom stereocenters. The summed E-state index contributed by atoms with van der Waals surface area (Å²) in [6, 6.07) is 16.7. The molecule has 0 saturated carbocycles. The standard InChI is InChI=1S/C26H23BrClN5O4S/c1-3-15-9-11-21(18-7-5-4-6-17(15)18)33-25(27)31-32-26(33)38-14-22(34)30-20-10-8-16(12-19(20)28)24(36)29-13-23(35)37-2/h4-12H,3,13-14H2,1-2H3,(H,29,36)(H,30,34). The average Bonchev–Trinajstić information content (AvgIpc) is 3.30. The maximum absolute atomic E-state index is 12.7. The van der Waals surface area contributed by atoms with Crippen LogP contribution in [0.5, 0.6) is 0 Å². The number of halogens is 2. The molecule has 0 unspecified atom stereocenters. The quantitative estimate of drug-likeness (QED) is 0.200. The number of nitrogens with one attached hydrogen (secondary N) is 2. The molecule has 1 aromatic heterocycles. The summed E-state index contributed by atoms with van der Waals surface area (Å²) in [5, 5.41) is 16.5. The zero-order valence-corrected chi connectivity index (χ0v) is 23.6. The lowest BCUT2D eigenvalue weighted by atomic mass is 10.0. The number of aryl methyl sites for hydroxylation is 1. The molecule has 1 heterocycles. The highest BCUT2D eigenvalue weighted by Gasteiger charge is 2.18. The first-order chi connectivity index (χ1) is 18.3. The average molecular weight is 617 g/mol. The molecule has 196 valence electrons. The molecule has 0 spiro atoms. The Morgan fingerprint density at radius 3 is 2.55 bits per heavy atom. The first-order valence-electron chi connectivity index (χ1n) is 11.5. The van der Waals surface area contributed by atoms with E-state index >= 15 is 0 Å². The number of anilines is 1. The molecule has 0 aliphatic heterocycles. The van der Waals surface area contributed by atoms with Gasteiger partial charge in [-0.25, -0.2) is 0 Å². The van der Waals surface area contributed by atoms with Gasteiger partial charge in [0.05, 0.1) is 29.3 Å². The summed E-state index contributed by atoms with van der Waals surface area (Å²) in [7, 11) is 1.23. The number of fused-ring (bicyclic) bond motifs is 1. The lowest BCUT2D eigenvalue weighted by Crippen LogP contribution is -2.30. The second kappa shape index (κ2) is 12.4. The Hall–Kier alpha value is -3.41. The fourth-order valence-corrected chi connectivity index (χ4v) is 5.33. The Morgan fingerprint density at radius 2 is 1.84 bits per heavy atom. The van der Waals surface area contributed by atoms with Crippen molar-refractivity contribution in [2.24, 2.45) is 0 Å². The van der Waals surface area contributed by atoms with Gasteiger partial charge in [0.15, 0.2) is 5.16 Å². The smallest absolute Gasteiger partial charge is 0.325 e. The van der Waals surface area contributed by atoms with E-state index in [1.807, 2.05) is 22.8 Å². The number of esters is 1. The molecule has 0 aliphatic rings. The van der Waals surface area contributed by atoms with Gasteiger partial charge in [0.2, 0.25) is 10.6 Å². The van der Waals surface area contributed by atoms with Crippen molar-refractivity contribution in [1.82, 2.24) is 20.1 Å². The van der Waals surface area contributed by atoms with E-state index in [2.05, 4.69) is 66.6 Å². The Bertz CT molecular complexity index is 1530. The SMILES string of the molecule is CCc1ccc(-n2c(Br)nnc2SCC(=O)Nc2ccc(C(=O)NCC(=O)OC)cc2Cl)c2ccccc12. The van der Waals surface area contributed by atoms with Gasteiger partial charge in [0, 0.05) is 10.9 Å². The number of rotatable bonds is 9. The summed E-state index contributed by atoms with van der Waals surface area (Å²) in [5.41, 5.74) is 2.74. The van der Waals surface area contributed by atoms with Gasteiger partial charge in [0.1, 0.15) is 6.54 Å². The summed E-state index contributed by atoms with van der Waals surface area (Å²) in [6.07, 6.45) is 0.910. The van der Waals surface area contributed by atoms with Gasteiger partial charge in [-0.2, -0.15) is 0 Å². The molecule has 0 radical (unpaired) electrons. The minimum Gasteiger partial charge on any atom is -0.468 e. The summed E-state index contributed by atoms with van der Waals surface area (Å²) >= 11 is 11.0. The third-order valence-corrected chi connectivity index (χ3v) is 7.42. The van der Waals surface area contributed by atoms with Crippen LogP contribution in [0.25, 0.3) is 16.5 Å². The molecule has 0 bridgehead atoms. The lowest BCUT2D eigenvalue weighted by molar-refractivity contribution is -0.139. The first-order valence-corrected chi connectivity index (χ1v) is 13.7. The van der Waals surface area contributed by atoms with Crippen molar-refractivity contribution in [1.29, 1.82) is 0 Å². The number of hydrogen-bond donors (Lipinski definition) is 2. The van der Waals surface area contributed by atoms with Gasteiger partial charge in [-0.05, 0) is 57.6 Å². The molecule has 4 rings (SSSR count). The van der Waals surface area contributed by atoms with Crippen molar-refractivity contribution in [3.63, 3.8) is 0 Å². The van der Waals surface area contributed by atoms with Crippen molar-refractivity contribution in [2.45, 2.75) is 18.5 Å². The van der Waals surface area contributed by atoms with Crippen molar-refractivity contribution in [2.75, 3.05) is 24.7 Å². The van der Waals surface area contributed by atoms with E-state index in [0.717, 1.165) is 22.9 Å². The molecule has 0 aliphatic carbocycles.